The Morgan fingerprint density at radius 2 is 1.86 bits per heavy atom. The van der Waals surface area contributed by atoms with E-state index in [-0.39, 0.29) is 0 Å². The molecule has 0 amide bonds. The maximum Gasteiger partial charge on any atom is 0.301 e. The average Bonchev–Trinajstić information content (AvgIpc) is 2.48. The molecule has 0 bridgehead atoms. The lowest BCUT2D eigenvalue weighted by atomic mass is 10.1. The second-order valence-electron chi connectivity index (χ2n) is 4.71. The van der Waals surface area contributed by atoms with Gasteiger partial charge in [0.2, 0.25) is 0 Å². The highest BCUT2D eigenvalue weighted by molar-refractivity contribution is 9.10. The molecule has 0 spiro atoms. The van der Waals surface area contributed by atoms with Gasteiger partial charge in [0.15, 0.2) is 0 Å². The van der Waals surface area contributed by atoms with Gasteiger partial charge >= 0.3 is 10.2 Å². The molecule has 3 N–H and O–H groups in total. The Bertz CT molecular complexity index is 734. The van der Waals surface area contributed by atoms with Crippen LogP contribution < -0.4 is 10.5 Å². The highest BCUT2D eigenvalue weighted by atomic mass is 79.9. The molecule has 2 aromatic rings. The molecule has 0 heterocycles. The highest BCUT2D eigenvalue weighted by Crippen LogP contribution is 2.30. The number of hydrogen-bond acceptors (Lipinski definition) is 3. The smallest absolute Gasteiger partial charge is 0.301 e. The van der Waals surface area contributed by atoms with E-state index in [1.807, 2.05) is 30.3 Å². The summed E-state index contributed by atoms with van der Waals surface area (Å²) in [4.78, 5) is 0. The van der Waals surface area contributed by atoms with Crippen molar-refractivity contribution in [3.63, 3.8) is 0 Å². The molecule has 2 rings (SSSR count). The number of benzene rings is 2. The van der Waals surface area contributed by atoms with Crippen LogP contribution in [0.15, 0.2) is 40.9 Å². The Labute approximate surface area is 133 Å². The zero-order valence-electron chi connectivity index (χ0n) is 11.7. The summed E-state index contributed by atoms with van der Waals surface area (Å²) in [6, 6.07) is 11.2. The second kappa shape index (κ2) is 6.74. The van der Waals surface area contributed by atoms with Crippen molar-refractivity contribution in [1.82, 2.24) is 4.31 Å². The molecule has 0 unspecified atom stereocenters. The maximum atomic E-state index is 12.3. The van der Waals surface area contributed by atoms with Crippen LogP contribution in [0.2, 0.25) is 0 Å². The molecule has 0 saturated carbocycles. The molecule has 0 aliphatic rings. The molecule has 0 atom stereocenters. The molecule has 5 nitrogen and oxygen atoms in total. The summed E-state index contributed by atoms with van der Waals surface area (Å²) >= 11 is 3.47. The number of nitrogens with zero attached hydrogens (tertiary/aromatic N) is 1. The molecular weight excluding hydrogens is 354 g/mol. The van der Waals surface area contributed by atoms with E-state index in [0.717, 1.165) is 15.2 Å². The first-order valence-corrected chi connectivity index (χ1v) is 8.80. The van der Waals surface area contributed by atoms with Gasteiger partial charge in [0.05, 0.1) is 5.69 Å². The topological polar surface area (TPSA) is 75.4 Å². The largest absolute Gasteiger partial charge is 0.330 e. The molecule has 0 fully saturated rings. The summed E-state index contributed by atoms with van der Waals surface area (Å²) in [6.45, 7) is 0.849. The van der Waals surface area contributed by atoms with Crippen LogP contribution in [0.4, 0.5) is 5.69 Å². The van der Waals surface area contributed by atoms with E-state index >= 15 is 0 Å². The molecule has 0 aliphatic carbocycles. The third kappa shape index (κ3) is 3.74. The lowest BCUT2D eigenvalue weighted by molar-refractivity contribution is 0.468. The van der Waals surface area contributed by atoms with Crippen LogP contribution in [-0.2, 0) is 10.2 Å². The van der Waals surface area contributed by atoms with Crippen LogP contribution in [0.5, 0.6) is 0 Å². The van der Waals surface area contributed by atoms with Crippen molar-refractivity contribution >= 4 is 42.6 Å². The fraction of sp³-hybridized carbons (Fsp3) is 0.286. The molecule has 0 radical (unpaired) electrons. The molecule has 0 aliphatic heterocycles. The number of hydrogen-bond donors (Lipinski definition) is 2. The van der Waals surface area contributed by atoms with Gasteiger partial charge < -0.3 is 5.73 Å². The molecular formula is C14H18BrN3O2S. The van der Waals surface area contributed by atoms with Crippen LogP contribution in [0.25, 0.3) is 10.8 Å². The first-order chi connectivity index (χ1) is 9.95. The van der Waals surface area contributed by atoms with Gasteiger partial charge in [0.1, 0.15) is 0 Å². The van der Waals surface area contributed by atoms with Crippen LogP contribution in [0.1, 0.15) is 6.42 Å². The maximum absolute atomic E-state index is 12.3. The van der Waals surface area contributed by atoms with Gasteiger partial charge in [0, 0.05) is 23.5 Å². The van der Waals surface area contributed by atoms with Crippen LogP contribution in [0, 0.1) is 0 Å². The monoisotopic (exact) mass is 371 g/mol. The molecule has 2 aromatic carbocycles. The Morgan fingerprint density at radius 3 is 2.52 bits per heavy atom. The quantitative estimate of drug-likeness (QED) is 0.818. The minimum atomic E-state index is -3.58. The van der Waals surface area contributed by atoms with Crippen LogP contribution >= 0.6 is 15.9 Å². The Kier molecular flexibility index (Phi) is 5.21. The van der Waals surface area contributed by atoms with E-state index in [9.17, 15) is 8.42 Å². The number of nitrogens with one attached hydrogen (secondary N) is 1. The Morgan fingerprint density at radius 1 is 1.19 bits per heavy atom. The van der Waals surface area contributed by atoms with Gasteiger partial charge in [-0.2, -0.15) is 12.7 Å². The van der Waals surface area contributed by atoms with Crippen molar-refractivity contribution in [3.8, 4) is 0 Å². The van der Waals surface area contributed by atoms with E-state index in [1.165, 1.54) is 4.31 Å². The van der Waals surface area contributed by atoms with Crippen molar-refractivity contribution in [2.75, 3.05) is 24.9 Å². The first-order valence-electron chi connectivity index (χ1n) is 6.57. The number of nitrogens with two attached hydrogens (primary N) is 1. The summed E-state index contributed by atoms with van der Waals surface area (Å²) in [7, 11) is -2.04. The van der Waals surface area contributed by atoms with Crippen molar-refractivity contribution in [2.24, 2.45) is 5.73 Å². The van der Waals surface area contributed by atoms with E-state index < -0.39 is 10.2 Å². The summed E-state index contributed by atoms with van der Waals surface area (Å²) in [5, 5.41) is 1.81. The van der Waals surface area contributed by atoms with Gasteiger partial charge in [-0.3, -0.25) is 4.72 Å². The number of halogens is 1. The lowest BCUT2D eigenvalue weighted by Crippen LogP contribution is -2.34. The first kappa shape index (κ1) is 16.2. The summed E-state index contributed by atoms with van der Waals surface area (Å²) in [5.41, 5.74) is 5.98. The van der Waals surface area contributed by atoms with Crippen molar-refractivity contribution < 1.29 is 8.42 Å². The normalized spacial score (nSPS) is 12.0. The van der Waals surface area contributed by atoms with Gasteiger partial charge in [-0.1, -0.05) is 40.2 Å². The zero-order valence-corrected chi connectivity index (χ0v) is 14.1. The minimum Gasteiger partial charge on any atom is -0.330 e. The molecule has 0 saturated heterocycles. The van der Waals surface area contributed by atoms with E-state index in [2.05, 4.69) is 20.7 Å². The number of rotatable bonds is 6. The predicted octanol–water partition coefficient (Wildman–Crippen LogP) is 2.54. The SMILES string of the molecule is CN(CCCN)S(=O)(=O)Nc1ccc(Br)c2ccccc12. The van der Waals surface area contributed by atoms with E-state index in [0.29, 0.717) is 25.2 Å². The zero-order chi connectivity index (χ0) is 15.5. The lowest BCUT2D eigenvalue weighted by Gasteiger charge is -2.19. The summed E-state index contributed by atoms with van der Waals surface area (Å²) < 4.78 is 29.4. The fourth-order valence-electron chi connectivity index (χ4n) is 2.00. The minimum absolute atomic E-state index is 0.389. The Balaban J connectivity index is 2.34. The predicted molar refractivity (Wildman–Crippen MR) is 90.5 cm³/mol. The number of fused-ring (bicyclic) bond motifs is 1. The van der Waals surface area contributed by atoms with Crippen LogP contribution in [-0.4, -0.2) is 32.9 Å². The van der Waals surface area contributed by atoms with Gasteiger partial charge in [0.25, 0.3) is 0 Å². The average molecular weight is 372 g/mol. The standard InChI is InChI=1S/C14H18BrN3O2S/c1-18(10-4-9-16)21(19,20)17-14-8-7-13(15)11-5-2-3-6-12(11)14/h2-3,5-8,17H,4,9-10,16H2,1H3. The molecule has 7 heteroatoms. The summed E-state index contributed by atoms with van der Waals surface area (Å²) in [5.74, 6) is 0. The van der Waals surface area contributed by atoms with Gasteiger partial charge in [-0.15, -0.1) is 0 Å². The van der Waals surface area contributed by atoms with Crippen molar-refractivity contribution in [1.29, 1.82) is 0 Å². The highest BCUT2D eigenvalue weighted by Gasteiger charge is 2.18. The van der Waals surface area contributed by atoms with Crippen molar-refractivity contribution in [2.45, 2.75) is 6.42 Å². The van der Waals surface area contributed by atoms with E-state index in [1.54, 1.807) is 13.1 Å². The van der Waals surface area contributed by atoms with Crippen LogP contribution in [0.3, 0.4) is 0 Å². The van der Waals surface area contributed by atoms with E-state index in [4.69, 9.17) is 5.73 Å². The third-order valence-corrected chi connectivity index (χ3v) is 5.37. The van der Waals surface area contributed by atoms with Crippen molar-refractivity contribution in [3.05, 3.63) is 40.9 Å². The fourth-order valence-corrected chi connectivity index (χ4v) is 3.46. The molecule has 21 heavy (non-hydrogen) atoms. The van der Waals surface area contributed by atoms with Gasteiger partial charge in [-0.25, -0.2) is 0 Å². The van der Waals surface area contributed by atoms with Gasteiger partial charge in [-0.05, 0) is 30.5 Å². The molecule has 114 valence electrons. The number of anilines is 1. The molecule has 0 aromatic heterocycles. The second-order valence-corrected chi connectivity index (χ2v) is 7.34. The summed E-state index contributed by atoms with van der Waals surface area (Å²) in [6.07, 6.45) is 0.624. The third-order valence-electron chi connectivity index (χ3n) is 3.20. The Hall–Kier alpha value is -1.15.